The number of phenols is 1. The molecule has 23 heavy (non-hydrogen) atoms. The van der Waals surface area contributed by atoms with Crippen molar-refractivity contribution in [3.63, 3.8) is 0 Å². The van der Waals surface area contributed by atoms with Gasteiger partial charge in [0.25, 0.3) is 0 Å². The number of aromatic carboxylic acids is 1. The zero-order chi connectivity index (χ0) is 16.2. The summed E-state index contributed by atoms with van der Waals surface area (Å²) in [6.45, 7) is 0. The first-order valence-electron chi connectivity index (χ1n) is 7.16. The zero-order valence-electron chi connectivity index (χ0n) is 12.3. The molecule has 0 aliphatic heterocycles. The van der Waals surface area contributed by atoms with Crippen molar-refractivity contribution >= 4 is 5.97 Å². The fourth-order valence-electron chi connectivity index (χ4n) is 2.40. The van der Waals surface area contributed by atoms with Gasteiger partial charge in [0.1, 0.15) is 5.75 Å². The molecule has 116 valence electrons. The standard InChI is InChI=1S/C17H15N3O3/c21-14-9-7-13(8-10-14)20-15(16(17(22)23)18-19-20)11-6-12-4-2-1-3-5-12/h1-5,7-10,21H,6,11H2,(H,22,23). The summed E-state index contributed by atoms with van der Waals surface area (Å²) in [5, 5.41) is 26.4. The summed E-state index contributed by atoms with van der Waals surface area (Å²) >= 11 is 0. The number of carbonyl (C=O) groups is 1. The first-order chi connectivity index (χ1) is 11.1. The quantitative estimate of drug-likeness (QED) is 0.756. The van der Waals surface area contributed by atoms with Gasteiger partial charge in [0, 0.05) is 0 Å². The number of benzene rings is 2. The monoisotopic (exact) mass is 309 g/mol. The van der Waals surface area contributed by atoms with Gasteiger partial charge in [-0.15, -0.1) is 5.10 Å². The lowest BCUT2D eigenvalue weighted by Crippen LogP contribution is -2.08. The molecular formula is C17H15N3O3. The molecule has 3 aromatic rings. The van der Waals surface area contributed by atoms with Crippen LogP contribution in [0.25, 0.3) is 5.69 Å². The number of aromatic nitrogens is 3. The minimum absolute atomic E-state index is 0.0472. The molecule has 0 aliphatic rings. The Hall–Kier alpha value is -3.15. The van der Waals surface area contributed by atoms with Crippen molar-refractivity contribution in [3.05, 3.63) is 71.5 Å². The Morgan fingerprint density at radius 2 is 1.70 bits per heavy atom. The van der Waals surface area contributed by atoms with Crippen molar-refractivity contribution < 1.29 is 15.0 Å². The van der Waals surface area contributed by atoms with Gasteiger partial charge in [-0.3, -0.25) is 0 Å². The van der Waals surface area contributed by atoms with Crippen LogP contribution in [0.1, 0.15) is 21.7 Å². The van der Waals surface area contributed by atoms with Gasteiger partial charge < -0.3 is 10.2 Å². The van der Waals surface area contributed by atoms with E-state index >= 15 is 0 Å². The van der Waals surface area contributed by atoms with Crippen molar-refractivity contribution in [2.45, 2.75) is 12.8 Å². The number of hydrogen-bond donors (Lipinski definition) is 2. The van der Waals surface area contributed by atoms with Gasteiger partial charge in [0.05, 0.1) is 11.4 Å². The Labute approximate surface area is 132 Å². The van der Waals surface area contributed by atoms with Gasteiger partial charge in [-0.1, -0.05) is 35.5 Å². The molecule has 2 N–H and O–H groups in total. The van der Waals surface area contributed by atoms with Gasteiger partial charge in [-0.2, -0.15) is 0 Å². The van der Waals surface area contributed by atoms with Crippen LogP contribution in [0.15, 0.2) is 54.6 Å². The molecule has 6 nitrogen and oxygen atoms in total. The third-order valence-corrected chi connectivity index (χ3v) is 3.55. The van der Waals surface area contributed by atoms with Crippen LogP contribution in [0.5, 0.6) is 5.75 Å². The number of phenolic OH excluding ortho intramolecular Hbond substituents is 1. The van der Waals surface area contributed by atoms with E-state index in [1.54, 1.807) is 12.1 Å². The third-order valence-electron chi connectivity index (χ3n) is 3.55. The molecule has 0 bridgehead atoms. The van der Waals surface area contributed by atoms with Gasteiger partial charge in [0.2, 0.25) is 0 Å². The van der Waals surface area contributed by atoms with Crippen LogP contribution in [-0.2, 0) is 12.8 Å². The van der Waals surface area contributed by atoms with Crippen LogP contribution in [0.4, 0.5) is 0 Å². The van der Waals surface area contributed by atoms with Crippen molar-refractivity contribution in [2.24, 2.45) is 0 Å². The molecule has 0 radical (unpaired) electrons. The topological polar surface area (TPSA) is 88.2 Å². The maximum atomic E-state index is 11.4. The van der Waals surface area contributed by atoms with Gasteiger partial charge >= 0.3 is 5.97 Å². The number of rotatable bonds is 5. The van der Waals surface area contributed by atoms with Crippen molar-refractivity contribution in [3.8, 4) is 11.4 Å². The lowest BCUT2D eigenvalue weighted by molar-refractivity contribution is 0.0689. The molecule has 1 aromatic heterocycles. The van der Waals surface area contributed by atoms with E-state index in [9.17, 15) is 15.0 Å². The van der Waals surface area contributed by atoms with Crippen molar-refractivity contribution in [1.82, 2.24) is 15.0 Å². The number of carboxylic acids is 1. The molecule has 0 amide bonds. The zero-order valence-corrected chi connectivity index (χ0v) is 12.3. The lowest BCUT2D eigenvalue weighted by atomic mass is 10.1. The molecule has 2 aromatic carbocycles. The smallest absolute Gasteiger partial charge is 0.358 e. The Balaban J connectivity index is 1.94. The summed E-state index contributed by atoms with van der Waals surface area (Å²) in [7, 11) is 0. The molecule has 0 saturated heterocycles. The molecule has 0 spiro atoms. The fraction of sp³-hybridized carbons (Fsp3) is 0.118. The van der Waals surface area contributed by atoms with Crippen LogP contribution in [-0.4, -0.2) is 31.2 Å². The first kappa shape index (κ1) is 14.8. The van der Waals surface area contributed by atoms with Crippen LogP contribution in [0.2, 0.25) is 0 Å². The number of nitrogens with zero attached hydrogens (tertiary/aromatic N) is 3. The van der Waals surface area contributed by atoms with Crippen LogP contribution in [0, 0.1) is 0 Å². The van der Waals surface area contributed by atoms with E-state index in [1.165, 1.54) is 16.8 Å². The molecule has 0 unspecified atom stereocenters. The molecule has 0 aliphatic carbocycles. The Morgan fingerprint density at radius 1 is 1.00 bits per heavy atom. The maximum Gasteiger partial charge on any atom is 0.358 e. The molecule has 0 saturated carbocycles. The predicted octanol–water partition coefficient (Wildman–Crippen LogP) is 2.46. The summed E-state index contributed by atoms with van der Waals surface area (Å²) in [5.74, 6) is -0.962. The van der Waals surface area contributed by atoms with Crippen molar-refractivity contribution in [2.75, 3.05) is 0 Å². The maximum absolute atomic E-state index is 11.4. The Kier molecular flexibility index (Phi) is 4.05. The summed E-state index contributed by atoms with van der Waals surface area (Å²) in [4.78, 5) is 11.4. The molecule has 1 heterocycles. The van der Waals surface area contributed by atoms with E-state index in [0.29, 0.717) is 24.2 Å². The second kappa shape index (κ2) is 6.31. The van der Waals surface area contributed by atoms with E-state index < -0.39 is 5.97 Å². The highest BCUT2D eigenvalue weighted by Crippen LogP contribution is 2.18. The molecule has 6 heteroatoms. The highest BCUT2D eigenvalue weighted by Gasteiger charge is 2.19. The lowest BCUT2D eigenvalue weighted by Gasteiger charge is -2.07. The molecule has 0 atom stereocenters. The van der Waals surface area contributed by atoms with Crippen LogP contribution in [0.3, 0.4) is 0 Å². The summed E-state index contributed by atoms with van der Waals surface area (Å²) in [6, 6.07) is 16.2. The van der Waals surface area contributed by atoms with Gasteiger partial charge in [-0.25, -0.2) is 9.48 Å². The number of aromatic hydroxyl groups is 1. The summed E-state index contributed by atoms with van der Waals surface area (Å²) < 4.78 is 1.51. The molecule has 0 fully saturated rings. The van der Waals surface area contributed by atoms with Gasteiger partial charge in [0.15, 0.2) is 5.69 Å². The number of carboxylic acid groups (broad SMARTS) is 1. The van der Waals surface area contributed by atoms with E-state index in [-0.39, 0.29) is 11.4 Å². The average Bonchev–Trinajstić information content (AvgIpc) is 2.99. The average molecular weight is 309 g/mol. The highest BCUT2D eigenvalue weighted by molar-refractivity contribution is 5.86. The minimum atomic E-state index is -1.10. The minimum Gasteiger partial charge on any atom is -0.508 e. The second-order valence-electron chi connectivity index (χ2n) is 5.10. The van der Waals surface area contributed by atoms with E-state index in [1.807, 2.05) is 30.3 Å². The van der Waals surface area contributed by atoms with Gasteiger partial charge in [-0.05, 0) is 42.7 Å². The number of hydrogen-bond acceptors (Lipinski definition) is 4. The predicted molar refractivity (Wildman–Crippen MR) is 83.8 cm³/mol. The molecule has 3 rings (SSSR count). The Morgan fingerprint density at radius 3 is 2.35 bits per heavy atom. The van der Waals surface area contributed by atoms with Crippen molar-refractivity contribution in [1.29, 1.82) is 0 Å². The highest BCUT2D eigenvalue weighted by atomic mass is 16.4. The number of aryl methyl sites for hydroxylation is 1. The summed E-state index contributed by atoms with van der Waals surface area (Å²) in [6.07, 6.45) is 1.19. The second-order valence-corrected chi connectivity index (χ2v) is 5.10. The largest absolute Gasteiger partial charge is 0.508 e. The van der Waals surface area contributed by atoms with E-state index in [0.717, 1.165) is 5.56 Å². The van der Waals surface area contributed by atoms with Crippen LogP contribution >= 0.6 is 0 Å². The normalized spacial score (nSPS) is 10.6. The first-order valence-corrected chi connectivity index (χ1v) is 7.16. The molecular weight excluding hydrogens is 294 g/mol. The van der Waals surface area contributed by atoms with Crippen LogP contribution < -0.4 is 0 Å². The summed E-state index contributed by atoms with van der Waals surface area (Å²) in [5.41, 5.74) is 2.26. The Bertz CT molecular complexity index is 811. The SMILES string of the molecule is O=C(O)c1nnn(-c2ccc(O)cc2)c1CCc1ccccc1. The third kappa shape index (κ3) is 3.21. The van der Waals surface area contributed by atoms with E-state index in [4.69, 9.17) is 0 Å². The fourth-order valence-corrected chi connectivity index (χ4v) is 2.40. The van der Waals surface area contributed by atoms with E-state index in [2.05, 4.69) is 10.3 Å².